The molecule has 2 rings (SSSR count). The molecule has 0 saturated heterocycles. The van der Waals surface area contributed by atoms with Gasteiger partial charge in [-0.3, -0.25) is 4.79 Å². The molecule has 0 aliphatic rings. The van der Waals surface area contributed by atoms with Crippen molar-refractivity contribution in [2.75, 3.05) is 20.5 Å². The minimum Gasteiger partial charge on any atom is -0.404 e. The topological polar surface area (TPSA) is 44.8 Å². The van der Waals surface area contributed by atoms with E-state index in [4.69, 9.17) is 25.5 Å². The lowest BCUT2D eigenvalue weighted by Crippen LogP contribution is -2.67. The summed E-state index contributed by atoms with van der Waals surface area (Å²) in [4.78, 5) is 11.8. The summed E-state index contributed by atoms with van der Waals surface area (Å²) < 4.78 is 17.0. The Hall–Kier alpha value is -1.50. The lowest BCUT2D eigenvalue weighted by molar-refractivity contribution is -0.135. The normalized spacial score (nSPS) is 13.4. The molecule has 146 valence electrons. The van der Waals surface area contributed by atoms with E-state index < -0.39 is 19.7 Å². The number of benzene rings is 2. The Bertz CT molecular complexity index is 676. The third-order valence-electron chi connectivity index (χ3n) is 4.51. The Labute approximate surface area is 167 Å². The Balaban J connectivity index is 2.50. The fourth-order valence-corrected chi connectivity index (χ4v) is 7.97. The number of halogens is 1. The third-order valence-corrected chi connectivity index (χ3v) is 9.76. The summed E-state index contributed by atoms with van der Waals surface area (Å²) in [5.41, 5.74) is 0. The number of carbonyl (C=O) groups excluding carboxylic acids is 1. The smallest absolute Gasteiger partial charge is 0.261 e. The molecule has 0 heterocycles. The van der Waals surface area contributed by atoms with Crippen LogP contribution in [0.1, 0.15) is 20.8 Å². The Morgan fingerprint density at radius 1 is 1.00 bits per heavy atom. The van der Waals surface area contributed by atoms with Gasteiger partial charge in [-0.1, -0.05) is 81.4 Å². The Morgan fingerprint density at radius 2 is 1.48 bits per heavy atom. The molecule has 0 fully saturated rings. The van der Waals surface area contributed by atoms with Crippen LogP contribution in [-0.2, 0) is 18.7 Å². The molecule has 4 nitrogen and oxygen atoms in total. The van der Waals surface area contributed by atoms with Crippen LogP contribution in [0.2, 0.25) is 5.04 Å². The van der Waals surface area contributed by atoms with E-state index in [-0.39, 0.29) is 18.4 Å². The van der Waals surface area contributed by atoms with Gasteiger partial charge in [0.1, 0.15) is 6.79 Å². The molecule has 0 unspecified atom stereocenters. The molecule has 0 aliphatic carbocycles. The van der Waals surface area contributed by atoms with Gasteiger partial charge < -0.3 is 13.9 Å². The largest absolute Gasteiger partial charge is 0.404 e. The van der Waals surface area contributed by atoms with Gasteiger partial charge in [0.05, 0.1) is 6.61 Å². The van der Waals surface area contributed by atoms with Crippen molar-refractivity contribution in [1.82, 2.24) is 0 Å². The second-order valence-corrected chi connectivity index (χ2v) is 12.0. The maximum Gasteiger partial charge on any atom is 0.261 e. The molecule has 0 saturated carbocycles. The molecule has 0 aliphatic heterocycles. The van der Waals surface area contributed by atoms with Crippen molar-refractivity contribution in [3.05, 3.63) is 60.7 Å². The number of methoxy groups -OCH3 is 1. The van der Waals surface area contributed by atoms with Crippen LogP contribution in [0, 0.1) is 0 Å². The van der Waals surface area contributed by atoms with Gasteiger partial charge in [-0.2, -0.15) is 0 Å². The van der Waals surface area contributed by atoms with Crippen LogP contribution in [0.5, 0.6) is 0 Å². The first-order valence-electron chi connectivity index (χ1n) is 8.88. The summed E-state index contributed by atoms with van der Waals surface area (Å²) in [6.45, 7) is 6.57. The Kier molecular flexibility index (Phi) is 7.76. The van der Waals surface area contributed by atoms with E-state index in [2.05, 4.69) is 45.0 Å². The average molecular weight is 407 g/mol. The maximum absolute atomic E-state index is 11.8. The van der Waals surface area contributed by atoms with Crippen molar-refractivity contribution in [3.63, 3.8) is 0 Å². The molecule has 0 amide bonds. The van der Waals surface area contributed by atoms with E-state index in [9.17, 15) is 4.79 Å². The molecule has 27 heavy (non-hydrogen) atoms. The predicted molar refractivity (Wildman–Crippen MR) is 111 cm³/mol. The first kappa shape index (κ1) is 21.8. The van der Waals surface area contributed by atoms with Crippen LogP contribution in [0.4, 0.5) is 0 Å². The summed E-state index contributed by atoms with van der Waals surface area (Å²) >= 11 is 5.73. The standard InChI is InChI=1S/C21H27ClO4Si/c1-21(2,3)27(17-11-7-5-8-12-17,18-13-9-6-10-14-18)26-15-19(20(22)23)25-16-24-4/h5-14,19H,15-16H2,1-4H3/t19-/m1/s1. The molecule has 0 aromatic heterocycles. The van der Waals surface area contributed by atoms with Gasteiger partial charge >= 0.3 is 0 Å². The van der Waals surface area contributed by atoms with Crippen LogP contribution in [0.25, 0.3) is 0 Å². The van der Waals surface area contributed by atoms with Gasteiger partial charge in [-0.05, 0) is 27.0 Å². The number of rotatable bonds is 9. The lowest BCUT2D eigenvalue weighted by Gasteiger charge is -2.43. The van der Waals surface area contributed by atoms with E-state index in [1.165, 1.54) is 7.11 Å². The SMILES string of the molecule is COCO[C@H](CO[Si](c1ccccc1)(c1ccccc1)C(C)(C)C)C(=O)Cl. The van der Waals surface area contributed by atoms with E-state index in [1.54, 1.807) is 0 Å². The van der Waals surface area contributed by atoms with Gasteiger partial charge in [-0.15, -0.1) is 0 Å². The van der Waals surface area contributed by atoms with Crippen molar-refractivity contribution < 1.29 is 18.7 Å². The molecule has 2 aromatic carbocycles. The molecule has 0 spiro atoms. The molecule has 2 aromatic rings. The van der Waals surface area contributed by atoms with E-state index in [0.717, 1.165) is 10.4 Å². The van der Waals surface area contributed by atoms with Crippen LogP contribution in [0.3, 0.4) is 0 Å². The minimum atomic E-state index is -2.73. The van der Waals surface area contributed by atoms with Crippen molar-refractivity contribution in [2.24, 2.45) is 0 Å². The first-order chi connectivity index (χ1) is 12.8. The van der Waals surface area contributed by atoms with Gasteiger partial charge in [-0.25, -0.2) is 0 Å². The highest BCUT2D eigenvalue weighted by Gasteiger charge is 2.50. The zero-order chi connectivity index (χ0) is 19.9. The number of ether oxygens (including phenoxy) is 2. The average Bonchev–Trinajstić information content (AvgIpc) is 2.65. The molecular formula is C21H27ClO4Si. The van der Waals surface area contributed by atoms with E-state index in [0.29, 0.717) is 0 Å². The summed E-state index contributed by atoms with van der Waals surface area (Å²) in [6.07, 6.45) is -0.881. The zero-order valence-corrected chi connectivity index (χ0v) is 18.0. The Morgan fingerprint density at radius 3 is 1.85 bits per heavy atom. The van der Waals surface area contributed by atoms with Crippen molar-refractivity contribution in [2.45, 2.75) is 31.9 Å². The van der Waals surface area contributed by atoms with E-state index in [1.807, 2.05) is 36.4 Å². The number of carbonyl (C=O) groups is 1. The lowest BCUT2D eigenvalue weighted by atomic mass is 10.2. The summed E-state index contributed by atoms with van der Waals surface area (Å²) in [5, 5.41) is 1.49. The molecular weight excluding hydrogens is 380 g/mol. The third kappa shape index (κ3) is 5.06. The van der Waals surface area contributed by atoms with E-state index >= 15 is 0 Å². The number of hydrogen-bond acceptors (Lipinski definition) is 4. The van der Waals surface area contributed by atoms with Gasteiger partial charge in [0.25, 0.3) is 13.6 Å². The molecule has 1 atom stereocenters. The maximum atomic E-state index is 11.8. The molecule has 0 N–H and O–H groups in total. The van der Waals surface area contributed by atoms with Gasteiger partial charge in [0.2, 0.25) is 0 Å². The summed E-state index contributed by atoms with van der Waals surface area (Å²) in [7, 11) is -1.23. The van der Waals surface area contributed by atoms with Crippen molar-refractivity contribution >= 4 is 35.5 Å². The number of hydrogen-bond donors (Lipinski definition) is 0. The van der Waals surface area contributed by atoms with Gasteiger partial charge in [0, 0.05) is 7.11 Å². The monoisotopic (exact) mass is 406 g/mol. The fraction of sp³-hybridized carbons (Fsp3) is 0.381. The zero-order valence-electron chi connectivity index (χ0n) is 16.3. The van der Waals surface area contributed by atoms with Crippen LogP contribution < -0.4 is 10.4 Å². The fourth-order valence-electron chi connectivity index (χ4n) is 3.29. The predicted octanol–water partition coefficient (Wildman–Crippen LogP) is 3.32. The summed E-state index contributed by atoms with van der Waals surface area (Å²) in [6, 6.07) is 20.4. The second-order valence-electron chi connectivity index (χ2n) is 7.34. The second kappa shape index (κ2) is 9.62. The molecule has 6 heteroatoms. The van der Waals surface area contributed by atoms with Gasteiger partial charge in [0.15, 0.2) is 6.10 Å². The van der Waals surface area contributed by atoms with Crippen LogP contribution >= 0.6 is 11.6 Å². The highest BCUT2D eigenvalue weighted by molar-refractivity contribution is 6.99. The van der Waals surface area contributed by atoms with Crippen LogP contribution in [-0.4, -0.2) is 40.2 Å². The molecule has 0 radical (unpaired) electrons. The van der Waals surface area contributed by atoms with Crippen molar-refractivity contribution in [3.8, 4) is 0 Å². The molecule has 0 bridgehead atoms. The summed E-state index contributed by atoms with van der Waals surface area (Å²) in [5.74, 6) is 0. The van der Waals surface area contributed by atoms with Crippen molar-refractivity contribution in [1.29, 1.82) is 0 Å². The minimum absolute atomic E-state index is 0.0206. The highest BCUT2D eigenvalue weighted by atomic mass is 35.5. The highest BCUT2D eigenvalue weighted by Crippen LogP contribution is 2.36. The first-order valence-corrected chi connectivity index (χ1v) is 11.2. The quantitative estimate of drug-likeness (QED) is 0.364. The van der Waals surface area contributed by atoms with Crippen LogP contribution in [0.15, 0.2) is 60.7 Å².